The number of nitrogens with one attached hydrogen (secondary N) is 1. The van der Waals surface area contributed by atoms with E-state index in [1.807, 2.05) is 11.8 Å². The molecule has 12 heavy (non-hydrogen) atoms. The van der Waals surface area contributed by atoms with Crippen LogP contribution in [0.25, 0.3) is 0 Å². The zero-order valence-electron chi connectivity index (χ0n) is 7.15. The Morgan fingerprint density at radius 2 is 2.50 bits per heavy atom. The van der Waals surface area contributed by atoms with Crippen LogP contribution in [0.2, 0.25) is 0 Å². The molecule has 1 atom stereocenters. The molecule has 0 aliphatic rings. The van der Waals surface area contributed by atoms with Gasteiger partial charge in [0.2, 0.25) is 4.77 Å². The third-order valence-electron chi connectivity index (χ3n) is 1.48. The smallest absolute Gasteiger partial charge is 0.238 e. The highest BCUT2D eigenvalue weighted by molar-refractivity contribution is 7.98. The molecule has 0 aliphatic carbocycles. The summed E-state index contributed by atoms with van der Waals surface area (Å²) in [6.07, 6.45) is 2.10. The lowest BCUT2D eigenvalue weighted by Gasteiger charge is -2.08. The van der Waals surface area contributed by atoms with Gasteiger partial charge in [0.25, 0.3) is 0 Å². The van der Waals surface area contributed by atoms with E-state index in [0.717, 1.165) is 12.3 Å². The SMILES string of the molecule is CSCC(C)Cn1[nH]nnc1=S. The summed E-state index contributed by atoms with van der Waals surface area (Å²) in [6, 6.07) is 0. The van der Waals surface area contributed by atoms with E-state index in [2.05, 4.69) is 28.7 Å². The van der Waals surface area contributed by atoms with Gasteiger partial charge in [0.15, 0.2) is 0 Å². The largest absolute Gasteiger partial charge is 0.242 e. The standard InChI is InChI=1S/C6H12N4S2/c1-5(4-12-2)3-10-6(11)7-8-9-10/h5H,3-4H2,1-2H3,(H,7,9,11). The lowest BCUT2D eigenvalue weighted by molar-refractivity contribution is 0.474. The molecule has 1 N–H and O–H groups in total. The Morgan fingerprint density at radius 1 is 1.75 bits per heavy atom. The third kappa shape index (κ3) is 2.60. The van der Waals surface area contributed by atoms with Crippen LogP contribution in [0.5, 0.6) is 0 Å². The molecular weight excluding hydrogens is 192 g/mol. The van der Waals surface area contributed by atoms with Gasteiger partial charge in [-0.15, -0.1) is 0 Å². The average Bonchev–Trinajstić information content (AvgIpc) is 2.37. The van der Waals surface area contributed by atoms with Crippen LogP contribution in [0.3, 0.4) is 0 Å². The normalized spacial score (nSPS) is 13.2. The van der Waals surface area contributed by atoms with Crippen LogP contribution in [0, 0.1) is 10.7 Å². The van der Waals surface area contributed by atoms with E-state index in [4.69, 9.17) is 12.2 Å². The van der Waals surface area contributed by atoms with Crippen molar-refractivity contribution < 1.29 is 0 Å². The number of hydrogen-bond acceptors (Lipinski definition) is 4. The number of rotatable bonds is 4. The maximum atomic E-state index is 4.94. The van der Waals surface area contributed by atoms with E-state index in [9.17, 15) is 0 Å². The van der Waals surface area contributed by atoms with Crippen LogP contribution >= 0.6 is 24.0 Å². The number of H-pyrrole nitrogens is 1. The summed E-state index contributed by atoms with van der Waals surface area (Å²) in [5.74, 6) is 1.72. The fourth-order valence-electron chi connectivity index (χ4n) is 0.984. The number of aromatic amines is 1. The number of nitrogens with zero attached hydrogens (tertiary/aromatic N) is 3. The average molecular weight is 204 g/mol. The summed E-state index contributed by atoms with van der Waals surface area (Å²) in [6.45, 7) is 3.05. The van der Waals surface area contributed by atoms with Crippen molar-refractivity contribution in [1.82, 2.24) is 20.2 Å². The van der Waals surface area contributed by atoms with Gasteiger partial charge >= 0.3 is 0 Å². The highest BCUT2D eigenvalue weighted by Gasteiger charge is 2.03. The van der Waals surface area contributed by atoms with Crippen molar-refractivity contribution in [3.8, 4) is 0 Å². The van der Waals surface area contributed by atoms with E-state index >= 15 is 0 Å². The number of hydrogen-bond donors (Lipinski definition) is 1. The van der Waals surface area contributed by atoms with Crippen molar-refractivity contribution in [2.24, 2.45) is 5.92 Å². The van der Waals surface area contributed by atoms with E-state index in [-0.39, 0.29) is 0 Å². The summed E-state index contributed by atoms with van der Waals surface area (Å²) >= 11 is 6.77. The first-order valence-corrected chi connectivity index (χ1v) is 5.51. The second-order valence-corrected chi connectivity index (χ2v) is 4.03. The van der Waals surface area contributed by atoms with E-state index in [1.165, 1.54) is 0 Å². The molecule has 0 saturated heterocycles. The van der Waals surface area contributed by atoms with Crippen LogP contribution in [0.1, 0.15) is 6.92 Å². The van der Waals surface area contributed by atoms with Crippen LogP contribution in [0.15, 0.2) is 0 Å². The molecule has 4 nitrogen and oxygen atoms in total. The third-order valence-corrected chi connectivity index (χ3v) is 2.68. The van der Waals surface area contributed by atoms with Gasteiger partial charge in [-0.2, -0.15) is 17.0 Å². The van der Waals surface area contributed by atoms with Gasteiger partial charge < -0.3 is 0 Å². The molecule has 1 unspecified atom stereocenters. The Bertz CT molecular complexity index is 279. The van der Waals surface area contributed by atoms with Gasteiger partial charge in [-0.25, -0.2) is 4.68 Å². The Balaban J connectivity index is 2.52. The highest BCUT2D eigenvalue weighted by atomic mass is 32.2. The summed E-state index contributed by atoms with van der Waals surface area (Å²) in [5.41, 5.74) is 0. The molecule has 1 rings (SSSR count). The summed E-state index contributed by atoms with van der Waals surface area (Å²) in [5, 5.41) is 10.0. The molecule has 1 aromatic rings. The van der Waals surface area contributed by atoms with Gasteiger partial charge in [-0.3, -0.25) is 0 Å². The highest BCUT2D eigenvalue weighted by Crippen LogP contribution is 2.06. The number of aromatic nitrogens is 4. The monoisotopic (exact) mass is 204 g/mol. The maximum Gasteiger partial charge on any atom is 0.238 e. The predicted octanol–water partition coefficient (Wildman–Crippen LogP) is 1.33. The molecular formula is C6H12N4S2. The first-order valence-electron chi connectivity index (χ1n) is 3.71. The van der Waals surface area contributed by atoms with Crippen molar-refractivity contribution >= 4 is 24.0 Å². The molecule has 6 heteroatoms. The topological polar surface area (TPSA) is 46.5 Å². The lowest BCUT2D eigenvalue weighted by atomic mass is 10.2. The molecule has 0 radical (unpaired) electrons. The number of thioether (sulfide) groups is 1. The molecule has 0 aliphatic heterocycles. The molecule has 0 fully saturated rings. The first kappa shape index (κ1) is 9.73. The minimum Gasteiger partial charge on any atom is -0.242 e. The molecule has 0 amide bonds. The minimum atomic E-state index is 0.531. The summed E-state index contributed by atoms with van der Waals surface area (Å²) in [7, 11) is 0. The molecule has 0 saturated carbocycles. The molecule has 0 bridgehead atoms. The molecule has 1 heterocycles. The van der Waals surface area contributed by atoms with Crippen molar-refractivity contribution in [3.05, 3.63) is 4.77 Å². The van der Waals surface area contributed by atoms with E-state index < -0.39 is 0 Å². The lowest BCUT2D eigenvalue weighted by Crippen LogP contribution is -2.11. The number of tetrazole rings is 1. The van der Waals surface area contributed by atoms with Crippen molar-refractivity contribution in [2.45, 2.75) is 13.5 Å². The fourth-order valence-corrected chi connectivity index (χ4v) is 1.81. The Kier molecular flexibility index (Phi) is 3.74. The van der Waals surface area contributed by atoms with Gasteiger partial charge in [-0.1, -0.05) is 17.2 Å². The quantitative estimate of drug-likeness (QED) is 0.752. The van der Waals surface area contributed by atoms with Crippen molar-refractivity contribution in [2.75, 3.05) is 12.0 Å². The zero-order chi connectivity index (χ0) is 8.97. The first-order chi connectivity index (χ1) is 5.74. The fraction of sp³-hybridized carbons (Fsp3) is 0.833. The minimum absolute atomic E-state index is 0.531. The predicted molar refractivity (Wildman–Crippen MR) is 52.8 cm³/mol. The van der Waals surface area contributed by atoms with Gasteiger partial charge in [-0.05, 0) is 30.1 Å². The Hall–Kier alpha value is -0.360. The Labute approximate surface area is 80.7 Å². The molecule has 68 valence electrons. The van der Waals surface area contributed by atoms with Crippen molar-refractivity contribution in [3.63, 3.8) is 0 Å². The maximum absolute atomic E-state index is 4.94. The van der Waals surface area contributed by atoms with Gasteiger partial charge in [0.05, 0.1) is 0 Å². The summed E-state index contributed by atoms with van der Waals surface area (Å²) < 4.78 is 2.32. The van der Waals surface area contributed by atoms with Crippen molar-refractivity contribution in [1.29, 1.82) is 0 Å². The molecule has 0 aromatic carbocycles. The van der Waals surface area contributed by atoms with Crippen LogP contribution in [-0.2, 0) is 6.54 Å². The molecule has 0 spiro atoms. The summed E-state index contributed by atoms with van der Waals surface area (Å²) in [4.78, 5) is 0. The second kappa shape index (κ2) is 4.61. The van der Waals surface area contributed by atoms with Crippen LogP contribution < -0.4 is 0 Å². The van der Waals surface area contributed by atoms with E-state index in [1.54, 1.807) is 4.68 Å². The van der Waals surface area contributed by atoms with Gasteiger partial charge in [0, 0.05) is 6.54 Å². The second-order valence-electron chi connectivity index (χ2n) is 2.75. The van der Waals surface area contributed by atoms with Crippen LogP contribution in [0.4, 0.5) is 0 Å². The van der Waals surface area contributed by atoms with Crippen LogP contribution in [-0.4, -0.2) is 32.2 Å². The zero-order valence-corrected chi connectivity index (χ0v) is 8.78. The van der Waals surface area contributed by atoms with Gasteiger partial charge in [0.1, 0.15) is 0 Å². The van der Waals surface area contributed by atoms with E-state index in [0.29, 0.717) is 10.7 Å². The molecule has 1 aromatic heterocycles. The Morgan fingerprint density at radius 3 is 3.00 bits per heavy atom.